The number of hydrogen-bond donors (Lipinski definition) is 1. The third-order valence-corrected chi connectivity index (χ3v) is 3.51. The molecule has 0 aromatic carbocycles. The van der Waals surface area contributed by atoms with E-state index in [-0.39, 0.29) is 5.60 Å². The molecule has 0 spiro atoms. The first kappa shape index (κ1) is 13.5. The summed E-state index contributed by atoms with van der Waals surface area (Å²) in [7, 11) is 0. The van der Waals surface area contributed by atoms with Gasteiger partial charge in [0.1, 0.15) is 5.54 Å². The van der Waals surface area contributed by atoms with Crippen LogP contribution in [0.5, 0.6) is 0 Å². The minimum absolute atomic E-state index is 0.133. The number of nitrogens with zero attached hydrogens (tertiary/aromatic N) is 1. The van der Waals surface area contributed by atoms with Crippen LogP contribution in [0.1, 0.15) is 47.0 Å². The lowest BCUT2D eigenvalue weighted by Crippen LogP contribution is -2.51. The van der Waals surface area contributed by atoms with Crippen LogP contribution in [0.25, 0.3) is 0 Å². The van der Waals surface area contributed by atoms with Crippen LogP contribution < -0.4 is 5.32 Å². The van der Waals surface area contributed by atoms with Crippen molar-refractivity contribution in [2.75, 3.05) is 13.2 Å². The Bertz CT molecular complexity index is 266. The van der Waals surface area contributed by atoms with Crippen molar-refractivity contribution >= 4 is 0 Å². The van der Waals surface area contributed by atoms with Crippen LogP contribution in [-0.2, 0) is 4.74 Å². The minimum atomic E-state index is -0.457. The van der Waals surface area contributed by atoms with Gasteiger partial charge < -0.3 is 4.74 Å². The Kier molecular flexibility index (Phi) is 4.35. The summed E-state index contributed by atoms with van der Waals surface area (Å²) < 4.78 is 5.90. The molecule has 92 valence electrons. The van der Waals surface area contributed by atoms with E-state index in [1.165, 1.54) is 0 Å². The molecule has 0 aromatic heterocycles. The van der Waals surface area contributed by atoms with Crippen LogP contribution in [0.15, 0.2) is 0 Å². The van der Waals surface area contributed by atoms with Gasteiger partial charge in [-0.25, -0.2) is 0 Å². The molecule has 0 radical (unpaired) electrons. The summed E-state index contributed by atoms with van der Waals surface area (Å²) in [5, 5.41) is 12.7. The van der Waals surface area contributed by atoms with Crippen molar-refractivity contribution in [1.82, 2.24) is 5.32 Å². The summed E-state index contributed by atoms with van der Waals surface area (Å²) in [6.07, 6.45) is 3.26. The quantitative estimate of drug-likeness (QED) is 0.722. The average molecular weight is 224 g/mol. The van der Waals surface area contributed by atoms with E-state index < -0.39 is 5.54 Å². The third-order valence-electron chi connectivity index (χ3n) is 3.51. The molecule has 1 unspecified atom stereocenters. The van der Waals surface area contributed by atoms with Crippen LogP contribution in [-0.4, -0.2) is 24.3 Å². The van der Waals surface area contributed by atoms with Crippen LogP contribution in [0, 0.1) is 17.2 Å². The zero-order valence-electron chi connectivity index (χ0n) is 11.0. The SMILES string of the molecule is CCNC(C#N)(COC(C)(C)CC)C1CC1. The maximum atomic E-state index is 9.40. The molecule has 1 fully saturated rings. The summed E-state index contributed by atoms with van der Waals surface area (Å²) >= 11 is 0. The van der Waals surface area contributed by atoms with E-state index >= 15 is 0 Å². The van der Waals surface area contributed by atoms with Crippen LogP contribution in [0.2, 0.25) is 0 Å². The number of ether oxygens (including phenoxy) is 1. The van der Waals surface area contributed by atoms with Crippen molar-refractivity contribution in [2.45, 2.75) is 58.1 Å². The van der Waals surface area contributed by atoms with Gasteiger partial charge in [0.15, 0.2) is 0 Å². The van der Waals surface area contributed by atoms with Crippen molar-refractivity contribution in [3.8, 4) is 6.07 Å². The molecule has 0 bridgehead atoms. The lowest BCUT2D eigenvalue weighted by Gasteiger charge is -2.32. The van der Waals surface area contributed by atoms with Gasteiger partial charge in [-0.15, -0.1) is 0 Å². The fraction of sp³-hybridized carbons (Fsp3) is 0.923. The smallest absolute Gasteiger partial charge is 0.133 e. The maximum absolute atomic E-state index is 9.40. The highest BCUT2D eigenvalue weighted by atomic mass is 16.5. The normalized spacial score (nSPS) is 20.2. The van der Waals surface area contributed by atoms with Gasteiger partial charge in [0.05, 0.1) is 18.3 Å². The Labute approximate surface area is 99.2 Å². The summed E-state index contributed by atoms with van der Waals surface area (Å²) in [4.78, 5) is 0. The second-order valence-electron chi connectivity index (χ2n) is 5.29. The first-order valence-corrected chi connectivity index (χ1v) is 6.30. The number of nitrogens with one attached hydrogen (secondary N) is 1. The molecule has 3 nitrogen and oxygen atoms in total. The summed E-state index contributed by atoms with van der Waals surface area (Å²) in [6.45, 7) is 9.63. The van der Waals surface area contributed by atoms with E-state index in [0.717, 1.165) is 25.8 Å². The van der Waals surface area contributed by atoms with E-state index in [4.69, 9.17) is 4.74 Å². The van der Waals surface area contributed by atoms with Crippen LogP contribution in [0.3, 0.4) is 0 Å². The molecule has 1 aliphatic carbocycles. The Morgan fingerprint density at radius 3 is 2.38 bits per heavy atom. The molecule has 1 N–H and O–H groups in total. The fourth-order valence-corrected chi connectivity index (χ4v) is 1.78. The summed E-state index contributed by atoms with van der Waals surface area (Å²) in [5.74, 6) is 0.477. The molecule has 0 amide bonds. The highest BCUT2D eigenvalue weighted by Gasteiger charge is 2.46. The van der Waals surface area contributed by atoms with Gasteiger partial charge in [-0.05, 0) is 45.6 Å². The Morgan fingerprint density at radius 2 is 2.00 bits per heavy atom. The molecule has 1 aliphatic rings. The zero-order chi connectivity index (χ0) is 12.2. The lowest BCUT2D eigenvalue weighted by molar-refractivity contribution is -0.0444. The van der Waals surface area contributed by atoms with Gasteiger partial charge in [0.25, 0.3) is 0 Å². The fourth-order valence-electron chi connectivity index (χ4n) is 1.78. The summed E-state index contributed by atoms with van der Waals surface area (Å²) in [6, 6.07) is 2.44. The first-order valence-electron chi connectivity index (χ1n) is 6.30. The van der Waals surface area contributed by atoms with E-state index in [0.29, 0.717) is 12.5 Å². The third kappa shape index (κ3) is 3.20. The largest absolute Gasteiger partial charge is 0.373 e. The standard InChI is InChI=1S/C13H24N2O/c1-5-12(3,4)16-10-13(9-14,15-6-2)11-7-8-11/h11,15H,5-8,10H2,1-4H3. The molecule has 16 heavy (non-hydrogen) atoms. The Balaban J connectivity index is 2.60. The van der Waals surface area contributed by atoms with Crippen LogP contribution >= 0.6 is 0 Å². The second-order valence-corrected chi connectivity index (χ2v) is 5.29. The van der Waals surface area contributed by atoms with E-state index in [2.05, 4.69) is 32.2 Å². The number of hydrogen-bond acceptors (Lipinski definition) is 3. The minimum Gasteiger partial charge on any atom is -0.373 e. The predicted molar refractivity (Wildman–Crippen MR) is 65.1 cm³/mol. The topological polar surface area (TPSA) is 45.0 Å². The monoisotopic (exact) mass is 224 g/mol. The molecular weight excluding hydrogens is 200 g/mol. The van der Waals surface area contributed by atoms with Crippen molar-refractivity contribution in [1.29, 1.82) is 5.26 Å². The van der Waals surface area contributed by atoms with Crippen LogP contribution in [0.4, 0.5) is 0 Å². The van der Waals surface area contributed by atoms with Gasteiger partial charge in [0, 0.05) is 0 Å². The summed E-state index contributed by atoms with van der Waals surface area (Å²) in [5.41, 5.74) is -0.590. The van der Waals surface area contributed by atoms with Gasteiger partial charge in [-0.3, -0.25) is 5.32 Å². The van der Waals surface area contributed by atoms with E-state index in [9.17, 15) is 5.26 Å². The van der Waals surface area contributed by atoms with Gasteiger partial charge in [-0.1, -0.05) is 13.8 Å². The van der Waals surface area contributed by atoms with Crippen molar-refractivity contribution < 1.29 is 4.74 Å². The predicted octanol–water partition coefficient (Wildman–Crippen LogP) is 2.47. The van der Waals surface area contributed by atoms with E-state index in [1.54, 1.807) is 0 Å². The molecule has 1 atom stereocenters. The first-order chi connectivity index (χ1) is 7.49. The van der Waals surface area contributed by atoms with E-state index in [1.807, 2.05) is 6.92 Å². The number of nitriles is 1. The second kappa shape index (κ2) is 5.16. The zero-order valence-corrected chi connectivity index (χ0v) is 11.0. The van der Waals surface area contributed by atoms with Gasteiger partial charge >= 0.3 is 0 Å². The molecule has 0 heterocycles. The number of rotatable bonds is 7. The Hall–Kier alpha value is -0.590. The molecule has 0 aromatic rings. The maximum Gasteiger partial charge on any atom is 0.133 e. The molecule has 0 saturated heterocycles. The Morgan fingerprint density at radius 1 is 1.38 bits per heavy atom. The van der Waals surface area contributed by atoms with Crippen molar-refractivity contribution in [2.24, 2.45) is 5.92 Å². The molecule has 1 saturated carbocycles. The number of likely N-dealkylation sites (N-methyl/N-ethyl adjacent to an activating group) is 1. The molecular formula is C13H24N2O. The lowest BCUT2D eigenvalue weighted by atomic mass is 9.95. The highest BCUT2D eigenvalue weighted by molar-refractivity contribution is 5.15. The highest BCUT2D eigenvalue weighted by Crippen LogP contribution is 2.40. The average Bonchev–Trinajstić information content (AvgIpc) is 3.08. The van der Waals surface area contributed by atoms with Crippen molar-refractivity contribution in [3.05, 3.63) is 0 Å². The van der Waals surface area contributed by atoms with Gasteiger partial charge in [-0.2, -0.15) is 5.26 Å². The molecule has 3 heteroatoms. The molecule has 1 rings (SSSR count). The molecule has 0 aliphatic heterocycles. The van der Waals surface area contributed by atoms with Gasteiger partial charge in [0.2, 0.25) is 0 Å². The van der Waals surface area contributed by atoms with Crippen molar-refractivity contribution in [3.63, 3.8) is 0 Å².